The van der Waals surface area contributed by atoms with Crippen molar-refractivity contribution in [3.8, 4) is 11.5 Å². The van der Waals surface area contributed by atoms with E-state index in [4.69, 9.17) is 21.1 Å². The third-order valence-corrected chi connectivity index (χ3v) is 3.17. The van der Waals surface area contributed by atoms with E-state index in [0.717, 1.165) is 11.4 Å². The van der Waals surface area contributed by atoms with Gasteiger partial charge in [0.05, 0.1) is 25.1 Å². The molecular weight excluding hydrogens is 280 g/mol. The molecule has 0 fully saturated rings. The van der Waals surface area contributed by atoms with Gasteiger partial charge in [-0.15, -0.1) is 0 Å². The summed E-state index contributed by atoms with van der Waals surface area (Å²) in [7, 11) is 3.39. The summed E-state index contributed by atoms with van der Waals surface area (Å²) in [5.74, 6) is 0.999. The van der Waals surface area contributed by atoms with Crippen LogP contribution in [0.3, 0.4) is 0 Å². The number of aliphatic hydroxyl groups is 1. The van der Waals surface area contributed by atoms with Crippen molar-refractivity contribution in [2.45, 2.75) is 20.1 Å². The maximum Gasteiger partial charge on any atom is 0.167 e. The number of ether oxygens (including phenoxy) is 2. The van der Waals surface area contributed by atoms with Gasteiger partial charge in [-0.25, -0.2) is 0 Å². The standard InChI is InChI=1S/C14H17ClN2O3/c1-9-4-12(17(2)16-9)8-20-14-10(7-18)5-11(15)6-13(14)19-3/h4-6,18H,7-8H2,1-3H3. The Kier molecular flexibility index (Phi) is 4.52. The van der Waals surface area contributed by atoms with Crippen LogP contribution in [0, 0.1) is 6.92 Å². The smallest absolute Gasteiger partial charge is 0.167 e. The van der Waals surface area contributed by atoms with E-state index in [-0.39, 0.29) is 6.61 Å². The predicted molar refractivity (Wildman–Crippen MR) is 76.2 cm³/mol. The van der Waals surface area contributed by atoms with Gasteiger partial charge in [-0.05, 0) is 19.1 Å². The largest absolute Gasteiger partial charge is 0.493 e. The van der Waals surface area contributed by atoms with E-state index < -0.39 is 0 Å². The Labute approximate surface area is 122 Å². The molecule has 0 aliphatic rings. The molecule has 0 unspecified atom stereocenters. The lowest BCUT2D eigenvalue weighted by Crippen LogP contribution is -2.05. The van der Waals surface area contributed by atoms with Gasteiger partial charge in [0.2, 0.25) is 0 Å². The highest BCUT2D eigenvalue weighted by Crippen LogP contribution is 2.35. The fourth-order valence-corrected chi connectivity index (χ4v) is 2.23. The van der Waals surface area contributed by atoms with Crippen LogP contribution in [0.15, 0.2) is 18.2 Å². The van der Waals surface area contributed by atoms with Gasteiger partial charge in [0.1, 0.15) is 6.61 Å². The Balaban J connectivity index is 2.26. The molecule has 0 spiro atoms. The van der Waals surface area contributed by atoms with E-state index in [1.807, 2.05) is 20.0 Å². The molecule has 0 saturated carbocycles. The highest BCUT2D eigenvalue weighted by atomic mass is 35.5. The Morgan fingerprint density at radius 3 is 2.65 bits per heavy atom. The number of benzene rings is 1. The number of aromatic nitrogens is 2. The van der Waals surface area contributed by atoms with E-state index in [9.17, 15) is 5.11 Å². The lowest BCUT2D eigenvalue weighted by molar-refractivity contribution is 0.246. The zero-order chi connectivity index (χ0) is 14.7. The van der Waals surface area contributed by atoms with Crippen LogP contribution in [0.2, 0.25) is 5.02 Å². The van der Waals surface area contributed by atoms with Gasteiger partial charge in [0, 0.05) is 23.7 Å². The molecule has 2 rings (SSSR count). The van der Waals surface area contributed by atoms with Crippen LogP contribution in [-0.2, 0) is 20.3 Å². The van der Waals surface area contributed by atoms with Crippen molar-refractivity contribution in [3.63, 3.8) is 0 Å². The average molecular weight is 297 g/mol. The number of aryl methyl sites for hydroxylation is 2. The van der Waals surface area contributed by atoms with Gasteiger partial charge in [0.25, 0.3) is 0 Å². The van der Waals surface area contributed by atoms with Gasteiger partial charge in [-0.1, -0.05) is 11.6 Å². The van der Waals surface area contributed by atoms with Gasteiger partial charge < -0.3 is 14.6 Å². The molecule has 5 nitrogen and oxygen atoms in total. The van der Waals surface area contributed by atoms with Crippen LogP contribution in [-0.4, -0.2) is 22.0 Å². The molecule has 0 atom stereocenters. The van der Waals surface area contributed by atoms with E-state index in [1.165, 1.54) is 7.11 Å². The minimum Gasteiger partial charge on any atom is -0.493 e. The molecule has 0 radical (unpaired) electrons. The van der Waals surface area contributed by atoms with Crippen molar-refractivity contribution in [1.29, 1.82) is 0 Å². The molecule has 6 heteroatoms. The van der Waals surface area contributed by atoms with Crippen molar-refractivity contribution >= 4 is 11.6 Å². The van der Waals surface area contributed by atoms with Gasteiger partial charge in [0.15, 0.2) is 11.5 Å². The second-order valence-corrected chi connectivity index (χ2v) is 4.88. The van der Waals surface area contributed by atoms with Gasteiger partial charge >= 0.3 is 0 Å². The number of rotatable bonds is 5. The summed E-state index contributed by atoms with van der Waals surface area (Å²) in [5.41, 5.74) is 2.45. The molecule has 0 bridgehead atoms. The fraction of sp³-hybridized carbons (Fsp3) is 0.357. The van der Waals surface area contributed by atoms with Crippen LogP contribution in [0.4, 0.5) is 0 Å². The third-order valence-electron chi connectivity index (χ3n) is 2.95. The summed E-state index contributed by atoms with van der Waals surface area (Å²) in [6.07, 6.45) is 0. The second kappa shape index (κ2) is 6.15. The van der Waals surface area contributed by atoms with Gasteiger partial charge in [-0.2, -0.15) is 5.10 Å². The monoisotopic (exact) mass is 296 g/mol. The molecule has 0 amide bonds. The quantitative estimate of drug-likeness (QED) is 0.921. The molecule has 108 valence electrons. The first-order chi connectivity index (χ1) is 9.55. The zero-order valence-corrected chi connectivity index (χ0v) is 12.4. The van der Waals surface area contributed by atoms with Crippen molar-refractivity contribution in [2.75, 3.05) is 7.11 Å². The SMILES string of the molecule is COc1cc(Cl)cc(CO)c1OCc1cc(C)nn1C. The number of hydrogen-bond acceptors (Lipinski definition) is 4. The van der Waals surface area contributed by atoms with Gasteiger partial charge in [-0.3, -0.25) is 4.68 Å². The maximum atomic E-state index is 9.41. The number of methoxy groups -OCH3 is 1. The summed E-state index contributed by atoms with van der Waals surface area (Å²) in [6, 6.07) is 5.26. The van der Waals surface area contributed by atoms with Crippen molar-refractivity contribution < 1.29 is 14.6 Å². The number of hydrogen-bond donors (Lipinski definition) is 1. The molecule has 1 N–H and O–H groups in total. The first kappa shape index (κ1) is 14.7. The zero-order valence-electron chi connectivity index (χ0n) is 11.7. The first-order valence-corrected chi connectivity index (χ1v) is 6.52. The second-order valence-electron chi connectivity index (χ2n) is 4.44. The highest BCUT2D eigenvalue weighted by Gasteiger charge is 2.13. The topological polar surface area (TPSA) is 56.5 Å². The molecular formula is C14H17ClN2O3. The minimum atomic E-state index is -0.170. The summed E-state index contributed by atoms with van der Waals surface area (Å²) < 4.78 is 12.8. The molecule has 0 saturated heterocycles. The molecule has 1 heterocycles. The molecule has 1 aromatic heterocycles. The number of nitrogens with zero attached hydrogens (tertiary/aromatic N) is 2. The van der Waals surface area contributed by atoms with Crippen molar-refractivity contribution in [2.24, 2.45) is 7.05 Å². The normalized spacial score (nSPS) is 10.7. The highest BCUT2D eigenvalue weighted by molar-refractivity contribution is 6.30. The first-order valence-electron chi connectivity index (χ1n) is 6.14. The van der Waals surface area contributed by atoms with E-state index in [2.05, 4.69) is 5.10 Å². The summed E-state index contributed by atoms with van der Waals surface area (Å²) in [5, 5.41) is 14.2. The molecule has 0 aliphatic heterocycles. The molecule has 0 aliphatic carbocycles. The third kappa shape index (κ3) is 3.05. The van der Waals surface area contributed by atoms with E-state index in [1.54, 1.807) is 16.8 Å². The van der Waals surface area contributed by atoms with Crippen LogP contribution in [0.5, 0.6) is 11.5 Å². The summed E-state index contributed by atoms with van der Waals surface area (Å²) in [4.78, 5) is 0. The summed E-state index contributed by atoms with van der Waals surface area (Å²) in [6.45, 7) is 2.09. The van der Waals surface area contributed by atoms with E-state index in [0.29, 0.717) is 28.7 Å². The molecule has 20 heavy (non-hydrogen) atoms. The number of halogens is 1. The fourth-order valence-electron chi connectivity index (χ4n) is 2.00. The Morgan fingerprint density at radius 2 is 2.10 bits per heavy atom. The Hall–Kier alpha value is -1.72. The minimum absolute atomic E-state index is 0.170. The van der Waals surface area contributed by atoms with E-state index >= 15 is 0 Å². The lowest BCUT2D eigenvalue weighted by Gasteiger charge is -2.14. The van der Waals surface area contributed by atoms with Crippen molar-refractivity contribution in [1.82, 2.24) is 9.78 Å². The molecule has 1 aromatic carbocycles. The Bertz CT molecular complexity index is 585. The molecule has 2 aromatic rings. The van der Waals surface area contributed by atoms with Crippen LogP contribution in [0.1, 0.15) is 17.0 Å². The summed E-state index contributed by atoms with van der Waals surface area (Å²) >= 11 is 5.96. The van der Waals surface area contributed by atoms with Crippen molar-refractivity contribution in [3.05, 3.63) is 40.2 Å². The maximum absolute atomic E-state index is 9.41. The lowest BCUT2D eigenvalue weighted by atomic mass is 10.2. The Morgan fingerprint density at radius 1 is 1.35 bits per heavy atom. The predicted octanol–water partition coefficient (Wildman–Crippen LogP) is 2.46. The van der Waals surface area contributed by atoms with Crippen LogP contribution in [0.25, 0.3) is 0 Å². The number of aliphatic hydroxyl groups excluding tert-OH is 1. The van der Waals surface area contributed by atoms with Crippen LogP contribution < -0.4 is 9.47 Å². The van der Waals surface area contributed by atoms with Crippen LogP contribution >= 0.6 is 11.6 Å². The average Bonchev–Trinajstić information content (AvgIpc) is 2.74.